The van der Waals surface area contributed by atoms with Gasteiger partial charge in [0.1, 0.15) is 0 Å². The van der Waals surface area contributed by atoms with E-state index in [1.807, 2.05) is 11.8 Å². The zero-order chi connectivity index (χ0) is 19.3. The molecule has 3 aliphatic heterocycles. The maximum Gasteiger partial charge on any atom is 0.162 e. The van der Waals surface area contributed by atoms with Gasteiger partial charge in [0.15, 0.2) is 12.1 Å². The van der Waals surface area contributed by atoms with Crippen LogP contribution < -0.4 is 0 Å². The highest BCUT2D eigenvalue weighted by atomic mass is 32.2. The van der Waals surface area contributed by atoms with Crippen LogP contribution >= 0.6 is 23.5 Å². The fraction of sp³-hybridized carbons (Fsp3) is 0.864. The lowest BCUT2D eigenvalue weighted by Crippen LogP contribution is -2.45. The zero-order valence-electron chi connectivity index (χ0n) is 17.3. The SMILES string of the molecule is CC1(C)COC(C(C)(C)CC2CC3=C(S2)SC2(CCCCC2)CC3=O)OC1. The highest BCUT2D eigenvalue weighted by Crippen LogP contribution is 2.59. The van der Waals surface area contributed by atoms with Gasteiger partial charge in [-0.1, -0.05) is 47.0 Å². The lowest BCUT2D eigenvalue weighted by Gasteiger charge is -2.42. The van der Waals surface area contributed by atoms with Crippen LogP contribution in [-0.4, -0.2) is 35.3 Å². The molecule has 1 unspecified atom stereocenters. The molecule has 1 atom stereocenters. The second-order valence-electron chi connectivity index (χ2n) is 10.5. The maximum absolute atomic E-state index is 12.9. The van der Waals surface area contributed by atoms with E-state index in [2.05, 4.69) is 39.5 Å². The van der Waals surface area contributed by atoms with E-state index in [0.29, 0.717) is 11.0 Å². The predicted molar refractivity (Wildman–Crippen MR) is 114 cm³/mol. The van der Waals surface area contributed by atoms with Crippen molar-refractivity contribution in [1.82, 2.24) is 0 Å². The maximum atomic E-state index is 12.9. The van der Waals surface area contributed by atoms with Crippen molar-refractivity contribution >= 4 is 29.3 Å². The quantitative estimate of drug-likeness (QED) is 0.576. The number of hydrogen-bond acceptors (Lipinski definition) is 5. The van der Waals surface area contributed by atoms with Gasteiger partial charge in [0.25, 0.3) is 0 Å². The Morgan fingerprint density at radius 1 is 1.11 bits per heavy atom. The smallest absolute Gasteiger partial charge is 0.162 e. The molecule has 0 aromatic rings. The molecule has 0 bridgehead atoms. The number of allylic oxidation sites excluding steroid dienone is 1. The summed E-state index contributed by atoms with van der Waals surface area (Å²) in [6.07, 6.45) is 8.94. The summed E-state index contributed by atoms with van der Waals surface area (Å²) in [7, 11) is 0. The summed E-state index contributed by atoms with van der Waals surface area (Å²) < 4.78 is 13.7. The van der Waals surface area contributed by atoms with Crippen molar-refractivity contribution in [1.29, 1.82) is 0 Å². The molecular formula is C22H34O3S2. The standard InChI is InChI=1S/C22H34O3S2/c1-20(2)13-24-19(25-14-20)21(3,4)11-15-10-16-17(23)12-22(27-18(16)26-15)8-6-5-7-9-22/h15,19H,5-14H2,1-4H3. The van der Waals surface area contributed by atoms with E-state index in [1.54, 1.807) is 0 Å². The molecule has 1 aliphatic carbocycles. The van der Waals surface area contributed by atoms with Gasteiger partial charge in [0.05, 0.1) is 13.2 Å². The van der Waals surface area contributed by atoms with E-state index in [-0.39, 0.29) is 21.9 Å². The molecule has 3 heterocycles. The van der Waals surface area contributed by atoms with Crippen LogP contribution in [0.15, 0.2) is 9.81 Å². The minimum absolute atomic E-state index is 0.0426. The first-order valence-corrected chi connectivity index (χ1v) is 12.2. The van der Waals surface area contributed by atoms with Crippen molar-refractivity contribution in [3.8, 4) is 0 Å². The van der Waals surface area contributed by atoms with E-state index in [0.717, 1.165) is 38.0 Å². The number of carbonyl (C=O) groups is 1. The molecule has 2 fully saturated rings. The highest BCUT2D eigenvalue weighted by molar-refractivity contribution is 8.23. The van der Waals surface area contributed by atoms with Gasteiger partial charge in [0.2, 0.25) is 0 Å². The van der Waals surface area contributed by atoms with Crippen LogP contribution in [0.25, 0.3) is 0 Å². The molecule has 5 heteroatoms. The van der Waals surface area contributed by atoms with Gasteiger partial charge < -0.3 is 9.47 Å². The Hall–Kier alpha value is 0.0300. The lowest BCUT2D eigenvalue weighted by molar-refractivity contribution is -0.263. The van der Waals surface area contributed by atoms with E-state index in [4.69, 9.17) is 9.47 Å². The average molecular weight is 411 g/mol. The lowest BCUT2D eigenvalue weighted by atomic mass is 9.81. The van der Waals surface area contributed by atoms with Crippen LogP contribution in [0.5, 0.6) is 0 Å². The summed E-state index contributed by atoms with van der Waals surface area (Å²) in [5.74, 6) is 0.436. The van der Waals surface area contributed by atoms with Crippen LogP contribution in [0, 0.1) is 10.8 Å². The number of thioether (sulfide) groups is 2. The number of hydrogen-bond donors (Lipinski definition) is 0. The number of ketones is 1. The van der Waals surface area contributed by atoms with Crippen LogP contribution in [0.2, 0.25) is 0 Å². The minimum Gasteiger partial charge on any atom is -0.351 e. The fourth-order valence-corrected chi connectivity index (χ4v) is 8.88. The third kappa shape index (κ3) is 4.31. The third-order valence-corrected chi connectivity index (χ3v) is 9.57. The van der Waals surface area contributed by atoms with Gasteiger partial charge >= 0.3 is 0 Å². The summed E-state index contributed by atoms with van der Waals surface area (Å²) in [4.78, 5) is 12.9. The highest BCUT2D eigenvalue weighted by Gasteiger charge is 2.46. The summed E-state index contributed by atoms with van der Waals surface area (Å²) >= 11 is 4.02. The monoisotopic (exact) mass is 410 g/mol. The molecular weight excluding hydrogens is 376 g/mol. The Morgan fingerprint density at radius 3 is 2.44 bits per heavy atom. The first-order valence-electron chi connectivity index (χ1n) is 10.5. The van der Waals surface area contributed by atoms with E-state index in [9.17, 15) is 4.79 Å². The van der Waals surface area contributed by atoms with Gasteiger partial charge in [-0.05, 0) is 25.7 Å². The van der Waals surface area contributed by atoms with Crippen molar-refractivity contribution in [2.75, 3.05) is 13.2 Å². The van der Waals surface area contributed by atoms with Crippen LogP contribution in [0.3, 0.4) is 0 Å². The number of ether oxygens (including phenoxy) is 2. The molecule has 4 rings (SSSR count). The van der Waals surface area contributed by atoms with Gasteiger partial charge in [-0.25, -0.2) is 0 Å². The Labute approximate surface area is 172 Å². The van der Waals surface area contributed by atoms with Gasteiger partial charge in [-0.15, -0.1) is 23.5 Å². The number of rotatable bonds is 3. The summed E-state index contributed by atoms with van der Waals surface area (Å²) in [6, 6.07) is 0. The second-order valence-corrected chi connectivity index (χ2v) is 13.5. The Morgan fingerprint density at radius 2 is 1.78 bits per heavy atom. The first-order chi connectivity index (χ1) is 12.7. The average Bonchev–Trinajstić information content (AvgIpc) is 2.97. The largest absolute Gasteiger partial charge is 0.351 e. The molecule has 3 nitrogen and oxygen atoms in total. The summed E-state index contributed by atoms with van der Waals surface area (Å²) in [5.41, 5.74) is 1.19. The van der Waals surface area contributed by atoms with Gasteiger partial charge in [-0.2, -0.15) is 0 Å². The van der Waals surface area contributed by atoms with Gasteiger partial charge in [0, 0.05) is 37.1 Å². The predicted octanol–water partition coefficient (Wildman–Crippen LogP) is 5.93. The molecule has 0 amide bonds. The van der Waals surface area contributed by atoms with Crippen LogP contribution in [-0.2, 0) is 14.3 Å². The number of Topliss-reactive ketones (excluding diaryl/α,β-unsaturated/α-hetero) is 1. The van der Waals surface area contributed by atoms with Crippen molar-refractivity contribution < 1.29 is 14.3 Å². The summed E-state index contributed by atoms with van der Waals surface area (Å²) in [5, 5.41) is 0.474. The molecule has 27 heavy (non-hydrogen) atoms. The molecule has 1 spiro atoms. The molecule has 0 radical (unpaired) electrons. The van der Waals surface area contributed by atoms with E-state index < -0.39 is 0 Å². The number of carbonyl (C=O) groups excluding carboxylic acids is 1. The molecule has 0 aromatic carbocycles. The zero-order valence-corrected chi connectivity index (χ0v) is 18.9. The Balaban J connectivity index is 1.38. The molecule has 0 N–H and O–H groups in total. The van der Waals surface area contributed by atoms with E-state index >= 15 is 0 Å². The molecule has 1 saturated heterocycles. The van der Waals surface area contributed by atoms with E-state index in [1.165, 1.54) is 36.3 Å². The molecule has 0 aromatic heterocycles. The van der Waals surface area contributed by atoms with Crippen LogP contribution in [0.4, 0.5) is 0 Å². The molecule has 152 valence electrons. The normalized spacial score (nSPS) is 31.4. The molecule has 4 aliphatic rings. The van der Waals surface area contributed by atoms with Gasteiger partial charge in [-0.3, -0.25) is 4.79 Å². The van der Waals surface area contributed by atoms with Crippen molar-refractivity contribution in [2.45, 2.75) is 95.3 Å². The Bertz CT molecular complexity index is 621. The topological polar surface area (TPSA) is 35.5 Å². The second kappa shape index (κ2) is 7.37. The van der Waals surface area contributed by atoms with Crippen LogP contribution in [0.1, 0.15) is 79.1 Å². The van der Waals surface area contributed by atoms with Crippen molar-refractivity contribution in [2.24, 2.45) is 10.8 Å². The summed E-state index contributed by atoms with van der Waals surface area (Å²) in [6.45, 7) is 10.4. The third-order valence-electron chi connectivity index (χ3n) is 6.49. The molecule has 1 saturated carbocycles. The minimum atomic E-state index is -0.142. The Kier molecular flexibility index (Phi) is 5.55. The van der Waals surface area contributed by atoms with Crippen molar-refractivity contribution in [3.63, 3.8) is 0 Å². The fourth-order valence-electron chi connectivity index (χ4n) is 4.94. The van der Waals surface area contributed by atoms with Crippen molar-refractivity contribution in [3.05, 3.63) is 9.81 Å². The first kappa shape index (κ1) is 20.3.